The number of piperidine rings is 1. The first-order valence-electron chi connectivity index (χ1n) is 7.98. The third-order valence-corrected chi connectivity index (χ3v) is 6.01. The summed E-state index contributed by atoms with van der Waals surface area (Å²) < 4.78 is 1.02. The van der Waals surface area contributed by atoms with E-state index in [9.17, 15) is 4.79 Å². The number of hydrogen-bond donors (Lipinski definition) is 1. The molecule has 0 aromatic heterocycles. The molecule has 2 aliphatic heterocycles. The maximum Gasteiger partial charge on any atom is 0.222 e. The fraction of sp³-hybridized carbons (Fsp3) is 0.588. The molecule has 3 nitrogen and oxygen atoms in total. The summed E-state index contributed by atoms with van der Waals surface area (Å²) in [5, 5.41) is 4.34. The summed E-state index contributed by atoms with van der Waals surface area (Å²) in [6, 6.07) is 7.35. The van der Waals surface area contributed by atoms with Gasteiger partial charge in [0.25, 0.3) is 0 Å². The van der Waals surface area contributed by atoms with Crippen LogP contribution in [0.4, 0.5) is 0 Å². The third kappa shape index (κ3) is 3.66. The molecule has 2 fully saturated rings. The highest BCUT2D eigenvalue weighted by atomic mass is 79.9. The van der Waals surface area contributed by atoms with Crippen molar-refractivity contribution in [3.05, 3.63) is 33.3 Å². The van der Waals surface area contributed by atoms with Gasteiger partial charge in [0.2, 0.25) is 5.91 Å². The molecule has 2 aliphatic rings. The van der Waals surface area contributed by atoms with Gasteiger partial charge >= 0.3 is 0 Å². The maximum absolute atomic E-state index is 12.5. The number of aryl methyl sites for hydroxylation is 1. The predicted octanol–water partition coefficient (Wildman–Crippen LogP) is 3.78. The molecule has 120 valence electrons. The van der Waals surface area contributed by atoms with Crippen molar-refractivity contribution in [3.63, 3.8) is 0 Å². The van der Waals surface area contributed by atoms with Crippen LogP contribution < -0.4 is 5.32 Å². The summed E-state index contributed by atoms with van der Waals surface area (Å²) in [6.45, 7) is 0. The summed E-state index contributed by atoms with van der Waals surface area (Å²) in [7, 11) is 1.96. The van der Waals surface area contributed by atoms with Crippen molar-refractivity contribution in [2.24, 2.45) is 0 Å². The Morgan fingerprint density at radius 1 is 1.36 bits per heavy atom. The molecule has 2 unspecified atom stereocenters. The highest BCUT2D eigenvalue weighted by Gasteiger charge is 2.36. The number of benzene rings is 1. The van der Waals surface area contributed by atoms with Crippen LogP contribution in [-0.4, -0.2) is 36.0 Å². The molecule has 2 heterocycles. The van der Waals surface area contributed by atoms with Crippen LogP contribution in [0.15, 0.2) is 22.7 Å². The second-order valence-corrected chi connectivity index (χ2v) is 7.79. The van der Waals surface area contributed by atoms with Gasteiger partial charge in [-0.25, -0.2) is 0 Å². The number of nitrogens with one attached hydrogen (secondary N) is 1. The summed E-state index contributed by atoms with van der Waals surface area (Å²) in [4.78, 5) is 14.5. The molecule has 1 aromatic rings. The summed E-state index contributed by atoms with van der Waals surface area (Å²) in [5.74, 6) is 0.234. The Bertz CT molecular complexity index is 554. The molecule has 2 bridgehead atoms. The van der Waals surface area contributed by atoms with Gasteiger partial charge in [-0.1, -0.05) is 27.5 Å². The first-order valence-corrected chi connectivity index (χ1v) is 9.15. The van der Waals surface area contributed by atoms with Gasteiger partial charge in [-0.2, -0.15) is 0 Å². The van der Waals surface area contributed by atoms with E-state index in [2.05, 4.69) is 21.2 Å². The second-order valence-electron chi connectivity index (χ2n) is 6.50. The van der Waals surface area contributed by atoms with E-state index in [0.717, 1.165) is 29.3 Å². The smallest absolute Gasteiger partial charge is 0.222 e. The fourth-order valence-corrected chi connectivity index (χ4v) is 4.34. The van der Waals surface area contributed by atoms with Crippen LogP contribution in [-0.2, 0) is 11.2 Å². The van der Waals surface area contributed by atoms with Gasteiger partial charge in [0.1, 0.15) is 0 Å². The number of fused-ring (bicyclic) bond motifs is 2. The third-order valence-electron chi connectivity index (χ3n) is 5.01. The Morgan fingerprint density at radius 2 is 2.05 bits per heavy atom. The number of carbonyl (C=O) groups excluding carboxylic acids is 1. The molecule has 22 heavy (non-hydrogen) atoms. The van der Waals surface area contributed by atoms with Crippen LogP contribution in [0, 0.1) is 0 Å². The molecule has 3 rings (SSSR count). The molecule has 1 amide bonds. The Hall–Kier alpha value is -0.580. The van der Waals surface area contributed by atoms with Gasteiger partial charge in [0, 0.05) is 41.1 Å². The molecule has 0 aliphatic carbocycles. The van der Waals surface area contributed by atoms with Crippen LogP contribution in [0.5, 0.6) is 0 Å². The standard InChI is InChI=1S/C17H22BrClN2O/c1-21(15-9-13-4-5-14(10-15)20-13)17(22)7-2-11-8-12(19)3-6-16(11)18/h3,6,8,13-15,20H,2,4-5,7,9-10H2,1H3. The van der Waals surface area contributed by atoms with Gasteiger partial charge in [-0.05, 0) is 55.9 Å². The highest BCUT2D eigenvalue weighted by Crippen LogP contribution is 2.30. The number of amides is 1. The lowest BCUT2D eigenvalue weighted by Crippen LogP contribution is -2.48. The molecule has 0 radical (unpaired) electrons. The topological polar surface area (TPSA) is 32.3 Å². The lowest BCUT2D eigenvalue weighted by atomic mass is 9.98. The van der Waals surface area contributed by atoms with E-state index in [0.29, 0.717) is 29.6 Å². The van der Waals surface area contributed by atoms with Gasteiger partial charge < -0.3 is 10.2 Å². The van der Waals surface area contributed by atoms with Crippen LogP contribution in [0.2, 0.25) is 5.02 Å². The molecule has 5 heteroatoms. The maximum atomic E-state index is 12.5. The van der Waals surface area contributed by atoms with Crippen molar-refractivity contribution in [1.29, 1.82) is 0 Å². The van der Waals surface area contributed by atoms with E-state index in [-0.39, 0.29) is 5.91 Å². The Kier molecular flexibility index (Phi) is 5.10. The number of carbonyl (C=O) groups is 1. The summed E-state index contributed by atoms with van der Waals surface area (Å²) in [6.07, 6.45) is 5.98. The van der Waals surface area contributed by atoms with Crippen molar-refractivity contribution in [3.8, 4) is 0 Å². The fourth-order valence-electron chi connectivity index (χ4n) is 3.70. The molecule has 1 aromatic carbocycles. The molecule has 0 saturated carbocycles. The van der Waals surface area contributed by atoms with E-state index in [1.54, 1.807) is 0 Å². The van der Waals surface area contributed by atoms with Gasteiger partial charge in [-0.3, -0.25) is 4.79 Å². The molecule has 1 N–H and O–H groups in total. The highest BCUT2D eigenvalue weighted by molar-refractivity contribution is 9.10. The molecule has 2 atom stereocenters. The van der Waals surface area contributed by atoms with Crippen LogP contribution >= 0.6 is 27.5 Å². The van der Waals surface area contributed by atoms with E-state index in [4.69, 9.17) is 11.6 Å². The van der Waals surface area contributed by atoms with E-state index in [1.807, 2.05) is 30.1 Å². The number of halogens is 2. The minimum absolute atomic E-state index is 0.234. The average molecular weight is 386 g/mol. The first kappa shape index (κ1) is 16.3. The Morgan fingerprint density at radius 3 is 2.73 bits per heavy atom. The molecule has 2 saturated heterocycles. The number of hydrogen-bond acceptors (Lipinski definition) is 2. The summed E-state index contributed by atoms with van der Waals surface area (Å²) >= 11 is 9.56. The average Bonchev–Trinajstić information content (AvgIpc) is 2.85. The zero-order chi connectivity index (χ0) is 15.7. The quantitative estimate of drug-likeness (QED) is 0.855. The van der Waals surface area contributed by atoms with Crippen molar-refractivity contribution < 1.29 is 4.79 Å². The van der Waals surface area contributed by atoms with E-state index < -0.39 is 0 Å². The van der Waals surface area contributed by atoms with Gasteiger partial charge in [0.05, 0.1) is 0 Å². The minimum atomic E-state index is 0.234. The van der Waals surface area contributed by atoms with Crippen molar-refractivity contribution in [2.45, 2.75) is 56.7 Å². The lowest BCUT2D eigenvalue weighted by molar-refractivity contribution is -0.132. The minimum Gasteiger partial charge on any atom is -0.343 e. The van der Waals surface area contributed by atoms with Gasteiger partial charge in [0.15, 0.2) is 0 Å². The van der Waals surface area contributed by atoms with Crippen molar-refractivity contribution in [1.82, 2.24) is 10.2 Å². The number of rotatable bonds is 4. The predicted molar refractivity (Wildman–Crippen MR) is 93.2 cm³/mol. The monoisotopic (exact) mass is 384 g/mol. The Labute approximate surface area is 145 Å². The largest absolute Gasteiger partial charge is 0.343 e. The van der Waals surface area contributed by atoms with Gasteiger partial charge in [-0.15, -0.1) is 0 Å². The number of nitrogens with zero attached hydrogens (tertiary/aromatic N) is 1. The van der Waals surface area contributed by atoms with Crippen LogP contribution in [0.3, 0.4) is 0 Å². The molecular formula is C17H22BrClN2O. The molecule has 0 spiro atoms. The first-order chi connectivity index (χ1) is 10.5. The SMILES string of the molecule is CN(C(=O)CCc1cc(Cl)ccc1Br)C1CC2CCC(C1)N2. The zero-order valence-electron chi connectivity index (χ0n) is 12.8. The summed E-state index contributed by atoms with van der Waals surface area (Å²) in [5.41, 5.74) is 1.10. The zero-order valence-corrected chi connectivity index (χ0v) is 15.2. The molecular weight excluding hydrogens is 364 g/mol. The van der Waals surface area contributed by atoms with Crippen molar-refractivity contribution >= 4 is 33.4 Å². The van der Waals surface area contributed by atoms with Crippen LogP contribution in [0.25, 0.3) is 0 Å². The van der Waals surface area contributed by atoms with E-state index >= 15 is 0 Å². The van der Waals surface area contributed by atoms with E-state index in [1.165, 1.54) is 12.8 Å². The van der Waals surface area contributed by atoms with Crippen molar-refractivity contribution in [2.75, 3.05) is 7.05 Å². The lowest BCUT2D eigenvalue weighted by Gasteiger charge is -2.35. The Balaban J connectivity index is 1.56. The normalized spacial score (nSPS) is 27.0. The van der Waals surface area contributed by atoms with Crippen LogP contribution in [0.1, 0.15) is 37.7 Å². The second kappa shape index (κ2) is 6.90.